The van der Waals surface area contributed by atoms with Crippen molar-refractivity contribution in [2.45, 2.75) is 32.6 Å². The highest BCUT2D eigenvalue weighted by Crippen LogP contribution is 2.31. The molecule has 4 N–H and O–H groups in total. The van der Waals surface area contributed by atoms with Crippen molar-refractivity contribution < 1.29 is 0 Å². The van der Waals surface area contributed by atoms with Gasteiger partial charge in [0.15, 0.2) is 0 Å². The Morgan fingerprint density at radius 1 is 1.13 bits per heavy atom. The molecule has 6 heteroatoms. The van der Waals surface area contributed by atoms with E-state index in [9.17, 15) is 0 Å². The van der Waals surface area contributed by atoms with Gasteiger partial charge in [0.25, 0.3) is 0 Å². The highest BCUT2D eigenvalue weighted by Gasteiger charge is 2.10. The lowest BCUT2D eigenvalue weighted by Gasteiger charge is -2.07. The maximum absolute atomic E-state index is 6.00. The van der Waals surface area contributed by atoms with Crippen molar-refractivity contribution in [3.8, 4) is 0 Å². The summed E-state index contributed by atoms with van der Waals surface area (Å²) in [5.74, 6) is 0.616. The molecular formula is C17H19BrN4S. The molecule has 0 saturated heterocycles. The molecule has 0 aliphatic rings. The van der Waals surface area contributed by atoms with Crippen molar-refractivity contribution in [3.05, 3.63) is 45.7 Å². The van der Waals surface area contributed by atoms with Gasteiger partial charge in [-0.2, -0.15) is 4.37 Å². The third kappa shape index (κ3) is 3.64. The molecule has 2 heterocycles. The van der Waals surface area contributed by atoms with Crippen LogP contribution in [0.3, 0.4) is 0 Å². The largest absolute Gasteiger partial charge is 0.399 e. The Balaban J connectivity index is 1.66. The number of benzene rings is 1. The Labute approximate surface area is 148 Å². The summed E-state index contributed by atoms with van der Waals surface area (Å²) in [5, 5.41) is 1.07. The molecular weight excluding hydrogens is 372 g/mol. The van der Waals surface area contributed by atoms with Gasteiger partial charge in [0.05, 0.1) is 4.70 Å². The number of hydrogen-bond acceptors (Lipinski definition) is 5. The summed E-state index contributed by atoms with van der Waals surface area (Å²) in [5.41, 5.74) is 16.4. The summed E-state index contributed by atoms with van der Waals surface area (Å²) >= 11 is 4.86. The van der Waals surface area contributed by atoms with Crippen LogP contribution in [0, 0.1) is 6.92 Å². The second kappa shape index (κ2) is 6.84. The number of nitrogens with zero attached hydrogens (tertiary/aromatic N) is 2. The molecule has 0 radical (unpaired) electrons. The van der Waals surface area contributed by atoms with Crippen molar-refractivity contribution in [3.63, 3.8) is 0 Å². The molecule has 0 bridgehead atoms. The molecule has 0 saturated carbocycles. The molecule has 2 aromatic heterocycles. The van der Waals surface area contributed by atoms with Crippen LogP contribution in [0.4, 0.5) is 11.5 Å². The zero-order valence-corrected chi connectivity index (χ0v) is 15.4. The number of halogens is 1. The van der Waals surface area contributed by atoms with Gasteiger partial charge in [-0.1, -0.05) is 0 Å². The van der Waals surface area contributed by atoms with E-state index in [1.165, 1.54) is 28.4 Å². The number of aryl methyl sites for hydroxylation is 3. The third-order valence-corrected chi connectivity index (χ3v) is 5.21. The first kappa shape index (κ1) is 16.2. The van der Waals surface area contributed by atoms with E-state index in [1.54, 1.807) is 0 Å². The van der Waals surface area contributed by atoms with Crippen LogP contribution >= 0.6 is 27.5 Å². The van der Waals surface area contributed by atoms with Gasteiger partial charge >= 0.3 is 0 Å². The average molecular weight is 391 g/mol. The Kier molecular flexibility index (Phi) is 4.82. The second-order valence-corrected chi connectivity index (χ2v) is 7.47. The first-order valence-electron chi connectivity index (χ1n) is 7.59. The molecule has 120 valence electrons. The maximum Gasteiger partial charge on any atom is 0.145 e. The lowest BCUT2D eigenvalue weighted by Crippen LogP contribution is -1.97. The van der Waals surface area contributed by atoms with Crippen LogP contribution in [-0.4, -0.2) is 9.36 Å². The average Bonchev–Trinajstić information content (AvgIpc) is 2.86. The standard InChI is InChI=1S/C17H19BrN4S/c1-10-6-12(18)9-21-14(10)5-3-2-4-11-7-13(19)8-15-16(11)17(20)22-23-15/h6-9H,2-5,19H2,1H3,(H2,20,22). The predicted molar refractivity (Wildman–Crippen MR) is 102 cm³/mol. The number of anilines is 2. The lowest BCUT2D eigenvalue weighted by atomic mass is 10.0. The van der Waals surface area contributed by atoms with Crippen LogP contribution in [-0.2, 0) is 12.8 Å². The highest BCUT2D eigenvalue weighted by molar-refractivity contribution is 9.10. The highest BCUT2D eigenvalue weighted by atomic mass is 79.9. The molecule has 0 unspecified atom stereocenters. The van der Waals surface area contributed by atoms with Crippen LogP contribution in [0.25, 0.3) is 10.1 Å². The van der Waals surface area contributed by atoms with Gasteiger partial charge in [-0.05, 0) is 89.4 Å². The first-order valence-corrected chi connectivity index (χ1v) is 9.15. The molecule has 0 atom stereocenters. The Bertz CT molecular complexity index is 844. The van der Waals surface area contributed by atoms with Gasteiger partial charge < -0.3 is 11.5 Å². The fraction of sp³-hybridized carbons (Fsp3) is 0.294. The number of nitrogen functional groups attached to an aromatic ring is 2. The van der Waals surface area contributed by atoms with E-state index in [0.29, 0.717) is 5.82 Å². The zero-order chi connectivity index (χ0) is 16.4. The minimum absolute atomic E-state index is 0.616. The summed E-state index contributed by atoms with van der Waals surface area (Å²) in [6.45, 7) is 2.10. The number of nitrogens with two attached hydrogens (primary N) is 2. The number of hydrogen-bond donors (Lipinski definition) is 2. The van der Waals surface area contributed by atoms with Crippen LogP contribution in [0.5, 0.6) is 0 Å². The molecule has 0 aliphatic heterocycles. The van der Waals surface area contributed by atoms with E-state index in [0.717, 1.165) is 45.9 Å². The summed E-state index contributed by atoms with van der Waals surface area (Å²) in [7, 11) is 0. The van der Waals surface area contributed by atoms with Gasteiger partial charge in [0.2, 0.25) is 0 Å². The fourth-order valence-corrected chi connectivity index (χ4v) is 4.09. The molecule has 0 spiro atoms. The lowest BCUT2D eigenvalue weighted by molar-refractivity contribution is 0.721. The number of fused-ring (bicyclic) bond motifs is 1. The summed E-state index contributed by atoms with van der Waals surface area (Å²) in [6.07, 6.45) is 5.97. The van der Waals surface area contributed by atoms with E-state index in [-0.39, 0.29) is 0 Å². The summed E-state index contributed by atoms with van der Waals surface area (Å²) in [4.78, 5) is 4.50. The zero-order valence-electron chi connectivity index (χ0n) is 13.0. The summed E-state index contributed by atoms with van der Waals surface area (Å²) < 4.78 is 6.34. The minimum atomic E-state index is 0.616. The second-order valence-electron chi connectivity index (χ2n) is 5.75. The first-order chi connectivity index (χ1) is 11.0. The quantitative estimate of drug-likeness (QED) is 0.496. The van der Waals surface area contributed by atoms with Gasteiger partial charge in [0.1, 0.15) is 5.82 Å². The molecule has 23 heavy (non-hydrogen) atoms. The summed E-state index contributed by atoms with van der Waals surface area (Å²) in [6, 6.07) is 6.08. The Morgan fingerprint density at radius 3 is 2.70 bits per heavy atom. The molecule has 1 aromatic carbocycles. The van der Waals surface area contributed by atoms with E-state index in [2.05, 4.69) is 38.3 Å². The SMILES string of the molecule is Cc1cc(Br)cnc1CCCCc1cc(N)cc2snc(N)c12. The number of rotatable bonds is 5. The van der Waals surface area contributed by atoms with Crippen LogP contribution in [0.2, 0.25) is 0 Å². The Morgan fingerprint density at radius 2 is 1.91 bits per heavy atom. The van der Waals surface area contributed by atoms with E-state index >= 15 is 0 Å². The normalized spacial score (nSPS) is 11.2. The fourth-order valence-electron chi connectivity index (χ4n) is 2.84. The minimum Gasteiger partial charge on any atom is -0.399 e. The van der Waals surface area contributed by atoms with Gasteiger partial charge in [-0.25, -0.2) is 0 Å². The number of pyridine rings is 1. The van der Waals surface area contributed by atoms with E-state index in [1.807, 2.05) is 18.3 Å². The van der Waals surface area contributed by atoms with Gasteiger partial charge in [-0.15, -0.1) is 0 Å². The van der Waals surface area contributed by atoms with Crippen molar-refractivity contribution in [2.75, 3.05) is 11.5 Å². The molecule has 0 amide bonds. The number of aromatic nitrogens is 2. The van der Waals surface area contributed by atoms with Gasteiger partial charge in [0, 0.05) is 27.4 Å². The molecule has 0 fully saturated rings. The Hall–Kier alpha value is -1.66. The maximum atomic E-state index is 6.00. The topological polar surface area (TPSA) is 77.8 Å². The third-order valence-electron chi connectivity index (χ3n) is 3.97. The molecule has 0 aliphatic carbocycles. The molecule has 4 nitrogen and oxygen atoms in total. The van der Waals surface area contributed by atoms with Crippen molar-refractivity contribution >= 4 is 49.1 Å². The van der Waals surface area contributed by atoms with Crippen molar-refractivity contribution in [2.24, 2.45) is 0 Å². The van der Waals surface area contributed by atoms with Crippen molar-refractivity contribution in [1.82, 2.24) is 9.36 Å². The van der Waals surface area contributed by atoms with E-state index in [4.69, 9.17) is 11.5 Å². The predicted octanol–water partition coefficient (Wildman–Crippen LogP) is 4.49. The van der Waals surface area contributed by atoms with Crippen molar-refractivity contribution in [1.29, 1.82) is 0 Å². The molecule has 3 rings (SSSR count). The monoisotopic (exact) mass is 390 g/mol. The van der Waals surface area contributed by atoms with Crippen LogP contribution < -0.4 is 11.5 Å². The molecule has 3 aromatic rings. The van der Waals surface area contributed by atoms with Crippen LogP contribution in [0.1, 0.15) is 29.7 Å². The number of unbranched alkanes of at least 4 members (excludes halogenated alkanes) is 1. The van der Waals surface area contributed by atoms with E-state index < -0.39 is 0 Å². The van der Waals surface area contributed by atoms with Gasteiger partial charge in [-0.3, -0.25) is 4.98 Å². The smallest absolute Gasteiger partial charge is 0.145 e. The van der Waals surface area contributed by atoms with Crippen LogP contribution in [0.15, 0.2) is 28.9 Å².